The van der Waals surface area contributed by atoms with Gasteiger partial charge < -0.3 is 10.1 Å². The van der Waals surface area contributed by atoms with Crippen molar-refractivity contribution in [3.63, 3.8) is 0 Å². The number of amides is 1. The number of hydrogen-bond donors (Lipinski definition) is 1. The summed E-state index contributed by atoms with van der Waals surface area (Å²) in [6, 6.07) is 20.2. The molecule has 0 aliphatic heterocycles. The maximum Gasteiger partial charge on any atom is 0.261 e. The number of aryl methyl sites for hydroxylation is 2. The molecular weight excluding hydrogens is 334 g/mol. The van der Waals surface area contributed by atoms with E-state index in [-0.39, 0.29) is 11.9 Å². The summed E-state index contributed by atoms with van der Waals surface area (Å²) in [6.45, 7) is 8.14. The second-order valence-electron chi connectivity index (χ2n) is 7.08. The molecule has 3 nitrogen and oxygen atoms in total. The summed E-state index contributed by atoms with van der Waals surface area (Å²) >= 11 is 0. The first-order valence-corrected chi connectivity index (χ1v) is 9.51. The van der Waals surface area contributed by atoms with Crippen LogP contribution in [0.4, 0.5) is 0 Å². The highest BCUT2D eigenvalue weighted by Crippen LogP contribution is 2.27. The molecule has 1 N–H and O–H groups in total. The molecule has 0 heterocycles. The van der Waals surface area contributed by atoms with Crippen LogP contribution in [0.3, 0.4) is 0 Å². The molecule has 2 atom stereocenters. The zero-order valence-electron chi connectivity index (χ0n) is 16.5. The molecule has 27 heavy (non-hydrogen) atoms. The van der Waals surface area contributed by atoms with Gasteiger partial charge in [-0.3, -0.25) is 4.79 Å². The molecule has 1 amide bonds. The third-order valence-corrected chi connectivity index (χ3v) is 4.93. The Morgan fingerprint density at radius 1 is 1.04 bits per heavy atom. The summed E-state index contributed by atoms with van der Waals surface area (Å²) in [6.07, 6.45) is 0.0817. The number of rotatable bonds is 6. The molecule has 0 unspecified atom stereocenters. The summed E-state index contributed by atoms with van der Waals surface area (Å²) in [7, 11) is 0. The molecule has 140 valence electrons. The topological polar surface area (TPSA) is 38.3 Å². The lowest BCUT2D eigenvalue weighted by atomic mass is 10.00. The predicted octanol–water partition coefficient (Wildman–Crippen LogP) is 5.49. The number of fused-ring (bicyclic) bond motifs is 1. The lowest BCUT2D eigenvalue weighted by Gasteiger charge is -2.22. The lowest BCUT2D eigenvalue weighted by Crippen LogP contribution is -2.39. The van der Waals surface area contributed by atoms with E-state index in [4.69, 9.17) is 4.74 Å². The molecule has 3 aromatic carbocycles. The average Bonchev–Trinajstić information content (AvgIpc) is 2.65. The molecular formula is C24H27NO2. The molecule has 3 rings (SSSR count). The quantitative estimate of drug-likeness (QED) is 0.630. The van der Waals surface area contributed by atoms with Gasteiger partial charge in [-0.1, -0.05) is 67.1 Å². The molecule has 3 aromatic rings. The van der Waals surface area contributed by atoms with E-state index in [2.05, 4.69) is 37.4 Å². The van der Waals surface area contributed by atoms with Crippen molar-refractivity contribution >= 4 is 16.7 Å². The van der Waals surface area contributed by atoms with Crippen LogP contribution in [-0.2, 0) is 4.79 Å². The zero-order chi connectivity index (χ0) is 19.4. The second-order valence-corrected chi connectivity index (χ2v) is 7.08. The van der Waals surface area contributed by atoms with Gasteiger partial charge in [-0.2, -0.15) is 0 Å². The van der Waals surface area contributed by atoms with E-state index < -0.39 is 6.10 Å². The molecule has 0 fully saturated rings. The standard InChI is InChI=1S/C24H27NO2/c1-5-22(27-23-12-8-10-19-9-6-7-11-21(19)23)24(26)25-18(4)20-14-13-16(2)15-17(20)3/h6-15,18,22H,5H2,1-4H3,(H,25,26)/t18-,22-/m1/s1. The van der Waals surface area contributed by atoms with Crippen LogP contribution < -0.4 is 10.1 Å². The Labute approximate surface area is 161 Å². The van der Waals surface area contributed by atoms with Crippen molar-refractivity contribution in [1.29, 1.82) is 0 Å². The first kappa shape index (κ1) is 19.0. The Hall–Kier alpha value is -2.81. The molecule has 0 aromatic heterocycles. The molecule has 3 heteroatoms. The normalized spacial score (nSPS) is 13.2. The molecule has 0 spiro atoms. The largest absolute Gasteiger partial charge is 0.480 e. The third kappa shape index (κ3) is 4.30. The lowest BCUT2D eigenvalue weighted by molar-refractivity contribution is -0.128. The Balaban J connectivity index is 1.76. The van der Waals surface area contributed by atoms with E-state index in [1.807, 2.05) is 56.3 Å². The van der Waals surface area contributed by atoms with Crippen LogP contribution in [0.2, 0.25) is 0 Å². The monoisotopic (exact) mass is 361 g/mol. The van der Waals surface area contributed by atoms with Crippen molar-refractivity contribution in [2.75, 3.05) is 0 Å². The summed E-state index contributed by atoms with van der Waals surface area (Å²) in [5.41, 5.74) is 3.54. The van der Waals surface area contributed by atoms with Crippen LogP contribution in [0.1, 0.15) is 43.0 Å². The number of carbonyl (C=O) groups is 1. The van der Waals surface area contributed by atoms with Gasteiger partial charge in [-0.15, -0.1) is 0 Å². The van der Waals surface area contributed by atoms with Gasteiger partial charge in [-0.25, -0.2) is 0 Å². The van der Waals surface area contributed by atoms with Crippen LogP contribution in [0.15, 0.2) is 60.7 Å². The maximum atomic E-state index is 12.8. The van der Waals surface area contributed by atoms with E-state index in [0.717, 1.165) is 22.1 Å². The van der Waals surface area contributed by atoms with Crippen molar-refractivity contribution in [3.8, 4) is 5.75 Å². The Kier molecular flexibility index (Phi) is 5.80. The van der Waals surface area contributed by atoms with Gasteiger partial charge in [-0.05, 0) is 49.8 Å². The van der Waals surface area contributed by atoms with Crippen molar-refractivity contribution < 1.29 is 9.53 Å². The van der Waals surface area contributed by atoms with E-state index in [1.54, 1.807) is 0 Å². The number of benzene rings is 3. The minimum atomic E-state index is -0.524. The Morgan fingerprint density at radius 2 is 1.78 bits per heavy atom. The highest BCUT2D eigenvalue weighted by molar-refractivity contribution is 5.89. The molecule has 0 bridgehead atoms. The molecule has 0 radical (unpaired) electrons. The van der Waals surface area contributed by atoms with Crippen LogP contribution in [-0.4, -0.2) is 12.0 Å². The van der Waals surface area contributed by atoms with Crippen molar-refractivity contribution in [1.82, 2.24) is 5.32 Å². The van der Waals surface area contributed by atoms with Crippen molar-refractivity contribution in [2.45, 2.75) is 46.3 Å². The molecule has 0 aliphatic rings. The van der Waals surface area contributed by atoms with E-state index in [0.29, 0.717) is 6.42 Å². The smallest absolute Gasteiger partial charge is 0.261 e. The average molecular weight is 361 g/mol. The van der Waals surface area contributed by atoms with Gasteiger partial charge >= 0.3 is 0 Å². The van der Waals surface area contributed by atoms with E-state index >= 15 is 0 Å². The second kappa shape index (κ2) is 8.26. The van der Waals surface area contributed by atoms with Crippen molar-refractivity contribution in [2.24, 2.45) is 0 Å². The summed E-state index contributed by atoms with van der Waals surface area (Å²) < 4.78 is 6.11. The number of carbonyl (C=O) groups excluding carboxylic acids is 1. The number of ether oxygens (including phenoxy) is 1. The van der Waals surface area contributed by atoms with Gasteiger partial charge in [0.2, 0.25) is 0 Å². The van der Waals surface area contributed by atoms with Gasteiger partial charge in [0.1, 0.15) is 5.75 Å². The minimum Gasteiger partial charge on any atom is -0.480 e. The fourth-order valence-electron chi connectivity index (χ4n) is 3.47. The summed E-state index contributed by atoms with van der Waals surface area (Å²) in [5.74, 6) is 0.659. The highest BCUT2D eigenvalue weighted by atomic mass is 16.5. The van der Waals surface area contributed by atoms with Gasteiger partial charge in [0, 0.05) is 5.39 Å². The van der Waals surface area contributed by atoms with Crippen LogP contribution >= 0.6 is 0 Å². The third-order valence-electron chi connectivity index (χ3n) is 4.93. The Bertz CT molecular complexity index is 943. The van der Waals surface area contributed by atoms with E-state index in [9.17, 15) is 4.79 Å². The zero-order valence-corrected chi connectivity index (χ0v) is 16.5. The van der Waals surface area contributed by atoms with Crippen molar-refractivity contribution in [3.05, 3.63) is 77.4 Å². The van der Waals surface area contributed by atoms with Crippen LogP contribution in [0.5, 0.6) is 5.75 Å². The van der Waals surface area contributed by atoms with Crippen LogP contribution in [0, 0.1) is 13.8 Å². The van der Waals surface area contributed by atoms with Gasteiger partial charge in [0.05, 0.1) is 6.04 Å². The maximum absolute atomic E-state index is 12.8. The predicted molar refractivity (Wildman–Crippen MR) is 111 cm³/mol. The minimum absolute atomic E-state index is 0.0664. The molecule has 0 saturated heterocycles. The summed E-state index contributed by atoms with van der Waals surface area (Å²) in [4.78, 5) is 12.8. The molecule has 0 aliphatic carbocycles. The number of hydrogen-bond acceptors (Lipinski definition) is 2. The highest BCUT2D eigenvalue weighted by Gasteiger charge is 2.22. The van der Waals surface area contributed by atoms with Gasteiger partial charge in [0.15, 0.2) is 6.10 Å². The number of nitrogens with one attached hydrogen (secondary N) is 1. The molecule has 0 saturated carbocycles. The van der Waals surface area contributed by atoms with Gasteiger partial charge in [0.25, 0.3) is 5.91 Å². The van der Waals surface area contributed by atoms with E-state index in [1.165, 1.54) is 11.1 Å². The van der Waals surface area contributed by atoms with Crippen LogP contribution in [0.25, 0.3) is 10.8 Å². The fourth-order valence-corrected chi connectivity index (χ4v) is 3.47. The Morgan fingerprint density at radius 3 is 2.52 bits per heavy atom. The SMILES string of the molecule is CC[C@@H](Oc1cccc2ccccc12)C(=O)N[C@H](C)c1ccc(C)cc1C. The first-order valence-electron chi connectivity index (χ1n) is 9.51. The first-order chi connectivity index (χ1) is 13.0. The fraction of sp³-hybridized carbons (Fsp3) is 0.292. The summed E-state index contributed by atoms with van der Waals surface area (Å²) in [5, 5.41) is 5.24.